The molecule has 2 saturated heterocycles. The van der Waals surface area contributed by atoms with Gasteiger partial charge < -0.3 is 14.8 Å². The minimum atomic E-state index is -0.338. The van der Waals surface area contributed by atoms with Gasteiger partial charge in [-0.05, 0) is 56.3 Å². The number of fused-ring (bicyclic) bond motifs is 1. The first-order valence-corrected chi connectivity index (χ1v) is 13.0. The van der Waals surface area contributed by atoms with Gasteiger partial charge in [0.25, 0.3) is 0 Å². The maximum Gasteiger partial charge on any atom is 0.132 e. The van der Waals surface area contributed by atoms with Crippen molar-refractivity contribution >= 4 is 28.2 Å². The van der Waals surface area contributed by atoms with E-state index in [1.165, 1.54) is 45.1 Å². The number of halogens is 2. The lowest BCUT2D eigenvalue weighted by Gasteiger charge is -2.42. The summed E-state index contributed by atoms with van der Waals surface area (Å²) < 4.78 is 14.6. The molecule has 2 fully saturated rings. The van der Waals surface area contributed by atoms with Crippen molar-refractivity contribution in [2.45, 2.75) is 18.9 Å². The second kappa shape index (κ2) is 9.81. The Labute approximate surface area is 215 Å². The summed E-state index contributed by atoms with van der Waals surface area (Å²) >= 11 is 6.14. The van der Waals surface area contributed by atoms with Crippen molar-refractivity contribution in [3.05, 3.63) is 65.8 Å². The molecule has 0 saturated carbocycles. The van der Waals surface area contributed by atoms with Gasteiger partial charge in [0.15, 0.2) is 0 Å². The Morgan fingerprint density at radius 2 is 1.75 bits per heavy atom. The Bertz CT molecular complexity index is 1370. The summed E-state index contributed by atoms with van der Waals surface area (Å²) in [4.78, 5) is 19.9. The smallest absolute Gasteiger partial charge is 0.132 e. The molecule has 0 aliphatic carbocycles. The second-order valence-electron chi connectivity index (χ2n) is 9.91. The van der Waals surface area contributed by atoms with Crippen LogP contribution in [0.2, 0.25) is 5.02 Å². The number of aromatic amines is 1. The number of anilines is 1. The molecule has 0 atom stereocenters. The average molecular weight is 505 g/mol. The average Bonchev–Trinajstić information content (AvgIpc) is 3.40. The number of aromatic nitrogens is 3. The molecule has 0 spiro atoms. The Morgan fingerprint density at radius 3 is 2.56 bits per heavy atom. The maximum absolute atomic E-state index is 14.6. The normalized spacial score (nSPS) is 18.2. The van der Waals surface area contributed by atoms with Gasteiger partial charge in [-0.15, -0.1) is 0 Å². The molecule has 8 heteroatoms. The molecule has 4 aromatic rings. The number of hydrogen-bond donors (Lipinski definition) is 1. The first-order valence-electron chi connectivity index (χ1n) is 12.6. The molecule has 36 heavy (non-hydrogen) atoms. The first kappa shape index (κ1) is 23.4. The number of rotatable bonds is 4. The zero-order valence-corrected chi connectivity index (χ0v) is 21.2. The molecule has 0 amide bonds. The van der Waals surface area contributed by atoms with Crippen LogP contribution in [0.15, 0.2) is 55.0 Å². The van der Waals surface area contributed by atoms with E-state index < -0.39 is 0 Å². The summed E-state index contributed by atoms with van der Waals surface area (Å²) in [6.45, 7) is 6.77. The number of nitrogens with one attached hydrogen (secondary N) is 1. The van der Waals surface area contributed by atoms with Crippen LogP contribution in [0, 0.1) is 5.82 Å². The quantitative estimate of drug-likeness (QED) is 0.408. The number of likely N-dealkylation sites (N-methyl/N-ethyl adjacent to an activating group) is 1. The van der Waals surface area contributed by atoms with Crippen LogP contribution in [-0.4, -0.2) is 77.1 Å². The zero-order chi connectivity index (χ0) is 24.6. The summed E-state index contributed by atoms with van der Waals surface area (Å²) in [5, 5.41) is 1.53. The SMILES string of the molecule is CN1CCN(C2CCN(c3cnc4ccc(-c5nc[nH]c5-c5cc(Cl)ccc5F)cc4c3)CC2)CC1. The minimum absolute atomic E-state index is 0.338. The van der Waals surface area contributed by atoms with E-state index in [-0.39, 0.29) is 5.82 Å². The summed E-state index contributed by atoms with van der Waals surface area (Å²) in [5.74, 6) is -0.338. The van der Waals surface area contributed by atoms with Crippen molar-refractivity contribution in [1.82, 2.24) is 24.8 Å². The van der Waals surface area contributed by atoms with Crippen LogP contribution >= 0.6 is 11.6 Å². The number of piperazine rings is 1. The fourth-order valence-electron chi connectivity index (χ4n) is 5.52. The minimum Gasteiger partial charge on any atom is -0.370 e. The highest BCUT2D eigenvalue weighted by molar-refractivity contribution is 6.30. The van der Waals surface area contributed by atoms with Crippen molar-refractivity contribution < 1.29 is 4.39 Å². The largest absolute Gasteiger partial charge is 0.370 e. The molecular weight excluding hydrogens is 475 g/mol. The number of pyridine rings is 1. The monoisotopic (exact) mass is 504 g/mol. The van der Waals surface area contributed by atoms with Crippen LogP contribution in [0.3, 0.4) is 0 Å². The third-order valence-corrected chi connectivity index (χ3v) is 7.90. The van der Waals surface area contributed by atoms with E-state index in [1.807, 2.05) is 18.3 Å². The highest BCUT2D eigenvalue weighted by Crippen LogP contribution is 2.34. The Kier molecular flexibility index (Phi) is 6.37. The lowest BCUT2D eigenvalue weighted by Crippen LogP contribution is -2.52. The van der Waals surface area contributed by atoms with Gasteiger partial charge in [0.05, 0.1) is 35.1 Å². The summed E-state index contributed by atoms with van der Waals surface area (Å²) in [7, 11) is 2.21. The van der Waals surface area contributed by atoms with Crippen LogP contribution in [0.5, 0.6) is 0 Å². The highest BCUT2D eigenvalue weighted by atomic mass is 35.5. The molecule has 2 aromatic carbocycles. The standard InChI is InChI=1S/C28H30ClFN6/c1-34-10-12-36(13-11-34)22-6-8-35(9-7-22)23-15-20-14-19(2-5-26(20)31-17-23)27-28(33-18-32-27)24-16-21(29)3-4-25(24)30/h2-5,14-18,22H,6-13H2,1H3,(H,32,33). The van der Waals surface area contributed by atoms with Crippen molar-refractivity contribution in [3.8, 4) is 22.5 Å². The number of imidazole rings is 1. The number of benzene rings is 2. The van der Waals surface area contributed by atoms with Crippen LogP contribution in [0.1, 0.15) is 12.8 Å². The fourth-order valence-corrected chi connectivity index (χ4v) is 5.70. The number of piperidine rings is 1. The van der Waals surface area contributed by atoms with E-state index >= 15 is 0 Å². The van der Waals surface area contributed by atoms with Crippen molar-refractivity contribution in [3.63, 3.8) is 0 Å². The van der Waals surface area contributed by atoms with E-state index in [4.69, 9.17) is 16.6 Å². The van der Waals surface area contributed by atoms with Gasteiger partial charge in [-0.25, -0.2) is 9.37 Å². The lowest BCUT2D eigenvalue weighted by molar-refractivity contribution is 0.0982. The van der Waals surface area contributed by atoms with Gasteiger partial charge in [0.2, 0.25) is 0 Å². The van der Waals surface area contributed by atoms with E-state index in [0.717, 1.165) is 35.2 Å². The third kappa shape index (κ3) is 4.59. The fraction of sp³-hybridized carbons (Fsp3) is 0.357. The molecule has 4 heterocycles. The van der Waals surface area contributed by atoms with Crippen molar-refractivity contribution in [2.75, 3.05) is 51.2 Å². The van der Waals surface area contributed by atoms with Crippen LogP contribution in [0.25, 0.3) is 33.4 Å². The predicted octanol–water partition coefficient (Wildman–Crippen LogP) is 5.30. The summed E-state index contributed by atoms with van der Waals surface area (Å²) in [6.07, 6.45) is 5.95. The summed E-state index contributed by atoms with van der Waals surface area (Å²) in [5.41, 5.74) is 4.71. The van der Waals surface area contributed by atoms with Crippen LogP contribution < -0.4 is 4.90 Å². The number of H-pyrrole nitrogens is 1. The molecule has 6 rings (SSSR count). The van der Waals surface area contributed by atoms with Crippen molar-refractivity contribution in [2.24, 2.45) is 0 Å². The summed E-state index contributed by atoms with van der Waals surface area (Å²) in [6, 6.07) is 13.5. The molecule has 2 aromatic heterocycles. The van der Waals surface area contributed by atoms with Gasteiger partial charge in [-0.3, -0.25) is 9.88 Å². The number of nitrogens with zero attached hydrogens (tertiary/aromatic N) is 5. The molecule has 0 bridgehead atoms. The van der Waals surface area contributed by atoms with E-state index in [1.54, 1.807) is 18.5 Å². The van der Waals surface area contributed by atoms with Gasteiger partial charge in [-0.1, -0.05) is 17.7 Å². The molecule has 6 nitrogen and oxygen atoms in total. The Balaban J connectivity index is 1.23. The lowest BCUT2D eigenvalue weighted by atomic mass is 10.0. The Hall–Kier alpha value is -3.00. The predicted molar refractivity (Wildman–Crippen MR) is 144 cm³/mol. The van der Waals surface area contributed by atoms with E-state index in [9.17, 15) is 4.39 Å². The van der Waals surface area contributed by atoms with Gasteiger partial charge in [-0.2, -0.15) is 0 Å². The van der Waals surface area contributed by atoms with Gasteiger partial charge >= 0.3 is 0 Å². The molecule has 1 N–H and O–H groups in total. The topological polar surface area (TPSA) is 51.3 Å². The van der Waals surface area contributed by atoms with E-state index in [2.05, 4.69) is 43.8 Å². The molecule has 2 aliphatic heterocycles. The second-order valence-corrected chi connectivity index (χ2v) is 10.3. The molecule has 0 radical (unpaired) electrons. The molecular formula is C28H30ClFN6. The molecule has 2 aliphatic rings. The van der Waals surface area contributed by atoms with Crippen LogP contribution in [0.4, 0.5) is 10.1 Å². The first-order chi connectivity index (χ1) is 17.5. The van der Waals surface area contributed by atoms with Crippen LogP contribution in [-0.2, 0) is 0 Å². The molecule has 0 unspecified atom stereocenters. The molecule has 186 valence electrons. The van der Waals surface area contributed by atoms with Gasteiger partial charge in [0.1, 0.15) is 5.82 Å². The highest BCUT2D eigenvalue weighted by Gasteiger charge is 2.27. The maximum atomic E-state index is 14.6. The Morgan fingerprint density at radius 1 is 0.944 bits per heavy atom. The van der Waals surface area contributed by atoms with Crippen molar-refractivity contribution in [1.29, 1.82) is 0 Å². The van der Waals surface area contributed by atoms with Gasteiger partial charge in [0, 0.05) is 66.8 Å². The number of hydrogen-bond acceptors (Lipinski definition) is 5. The zero-order valence-electron chi connectivity index (χ0n) is 20.4. The van der Waals surface area contributed by atoms with E-state index in [0.29, 0.717) is 28.0 Å². The third-order valence-electron chi connectivity index (χ3n) is 7.66.